The molecule has 3 aromatic rings. The van der Waals surface area contributed by atoms with Crippen LogP contribution < -0.4 is 30.7 Å². The van der Waals surface area contributed by atoms with Crippen molar-refractivity contribution in [1.82, 2.24) is 31.2 Å². The third kappa shape index (κ3) is 14.4. The summed E-state index contributed by atoms with van der Waals surface area (Å²) in [7, 11) is 1.49. The Morgan fingerprint density at radius 1 is 1.02 bits per heavy atom. The van der Waals surface area contributed by atoms with Gasteiger partial charge in [0.1, 0.15) is 24.1 Å². The van der Waals surface area contributed by atoms with E-state index in [1.807, 2.05) is 77.9 Å². The highest BCUT2D eigenvalue weighted by atomic mass is 32.1. The smallest absolute Gasteiger partial charge is 0.273 e. The van der Waals surface area contributed by atoms with Gasteiger partial charge in [0.25, 0.3) is 17.7 Å². The summed E-state index contributed by atoms with van der Waals surface area (Å²) in [6, 6.07) is 10.4. The number of unbranched alkanes of at least 4 members (excludes halogenated alkanes) is 1. The first-order valence-electron chi connectivity index (χ1n) is 22.6. The summed E-state index contributed by atoms with van der Waals surface area (Å²) < 4.78 is 17.3. The van der Waals surface area contributed by atoms with Gasteiger partial charge in [0.05, 0.1) is 47.1 Å². The molecule has 1 fully saturated rings. The van der Waals surface area contributed by atoms with E-state index < -0.39 is 18.2 Å². The van der Waals surface area contributed by atoms with Crippen molar-refractivity contribution in [2.75, 3.05) is 46.6 Å². The van der Waals surface area contributed by atoms with Gasteiger partial charge in [0.2, 0.25) is 11.8 Å². The van der Waals surface area contributed by atoms with E-state index in [9.17, 15) is 29.4 Å². The molecule has 1 aromatic heterocycles. The number of rotatable bonds is 22. The Balaban J connectivity index is 1.06. The number of aliphatic hydroxyl groups excluding tert-OH is 2. The molecule has 0 bridgehead atoms. The van der Waals surface area contributed by atoms with Crippen LogP contribution in [0.25, 0.3) is 10.4 Å². The van der Waals surface area contributed by atoms with Crippen molar-refractivity contribution in [3.05, 3.63) is 76.1 Å². The number of aryl methyl sites for hydroxylation is 2. The molecule has 5 rings (SSSR count). The number of β-amino-alcohol motifs (C(OH)–C–C–N with tert-alkyl or cyclic N) is 1. The number of fused-ring (bicyclic) bond motifs is 1. The first kappa shape index (κ1) is 51.3. The lowest BCUT2D eigenvalue weighted by Crippen LogP contribution is -2.49. The number of carbonyl (C=O) groups excluding carboxylic acids is 4. The molecule has 1 aliphatic carbocycles. The summed E-state index contributed by atoms with van der Waals surface area (Å²) in [5, 5.41) is 36.6. The Labute approximate surface area is 391 Å². The van der Waals surface area contributed by atoms with Crippen molar-refractivity contribution in [2.45, 2.75) is 111 Å². The van der Waals surface area contributed by atoms with E-state index in [0.717, 1.165) is 40.1 Å². The van der Waals surface area contributed by atoms with Crippen molar-refractivity contribution in [1.29, 1.82) is 0 Å². The summed E-state index contributed by atoms with van der Waals surface area (Å²) in [5.41, 5.74) is 6.47. The number of carbonyl (C=O) groups is 4. The van der Waals surface area contributed by atoms with Crippen molar-refractivity contribution < 1.29 is 48.4 Å². The number of thiazole rings is 1. The van der Waals surface area contributed by atoms with Crippen LogP contribution in [0.15, 0.2) is 58.8 Å². The second-order valence-electron chi connectivity index (χ2n) is 17.7. The van der Waals surface area contributed by atoms with Gasteiger partial charge in [-0.15, -0.1) is 11.3 Å². The van der Waals surface area contributed by atoms with Gasteiger partial charge in [-0.2, -0.15) is 0 Å². The number of nitrogens with one attached hydrogen (secondary N) is 4. The van der Waals surface area contributed by atoms with Gasteiger partial charge in [-0.3, -0.25) is 19.2 Å². The molecule has 1 saturated heterocycles. The molecule has 360 valence electrons. The molecule has 66 heavy (non-hydrogen) atoms. The van der Waals surface area contributed by atoms with E-state index in [-0.39, 0.29) is 79.6 Å². The second kappa shape index (κ2) is 24.2. The lowest BCUT2D eigenvalue weighted by Gasteiger charge is -2.32. The SMILES string of the molecule is CCO/N=C(OC)/C(=C\C(C)O)N[C@@H]1CCc2ccc(OCC(=O)NCCCCNC(=O)COc3cc(-c4scnc4C)ccc3CNC(=O)[C@@H]3C[C@@H](O)CN3C(=O)C(C)C(C)(C)C)cc21. The van der Waals surface area contributed by atoms with Crippen molar-refractivity contribution in [2.24, 2.45) is 16.5 Å². The number of likely N-dealkylation sites (tertiary alicyclic amines) is 1. The molecule has 0 saturated carbocycles. The molecular weight excluding hydrogens is 867 g/mol. The first-order valence-corrected chi connectivity index (χ1v) is 23.5. The van der Waals surface area contributed by atoms with Crippen molar-refractivity contribution >= 4 is 40.9 Å². The molecule has 18 heteroatoms. The van der Waals surface area contributed by atoms with E-state index in [1.165, 1.54) is 23.3 Å². The molecule has 1 aliphatic heterocycles. The summed E-state index contributed by atoms with van der Waals surface area (Å²) in [6.07, 6.45) is 3.08. The normalized spacial score (nSPS) is 18.2. The average molecular weight is 934 g/mol. The first-order chi connectivity index (χ1) is 31.5. The minimum atomic E-state index is -0.806. The van der Waals surface area contributed by atoms with Crippen molar-refractivity contribution in [3.8, 4) is 21.9 Å². The van der Waals surface area contributed by atoms with Crippen LogP contribution in [0.4, 0.5) is 0 Å². The molecule has 4 amide bonds. The fourth-order valence-electron chi connectivity index (χ4n) is 7.63. The van der Waals surface area contributed by atoms with Gasteiger partial charge in [0, 0.05) is 44.1 Å². The Hall–Kier alpha value is -5.72. The molecule has 0 radical (unpaired) electrons. The zero-order chi connectivity index (χ0) is 48.0. The molecule has 2 heterocycles. The van der Waals surface area contributed by atoms with Crippen LogP contribution in [0.5, 0.6) is 11.5 Å². The molecule has 2 aromatic carbocycles. The topological polar surface area (TPSA) is 222 Å². The molecule has 5 atom stereocenters. The fraction of sp³-hybridized carbons (Fsp3) is 0.542. The number of hydrogen-bond donors (Lipinski definition) is 6. The summed E-state index contributed by atoms with van der Waals surface area (Å²) in [4.78, 5) is 64.5. The van der Waals surface area contributed by atoms with E-state index in [1.54, 1.807) is 18.5 Å². The van der Waals surface area contributed by atoms with Crippen LogP contribution in [0.2, 0.25) is 0 Å². The van der Waals surface area contributed by atoms with Crippen LogP contribution in [-0.4, -0.2) is 114 Å². The van der Waals surface area contributed by atoms with Gasteiger partial charge >= 0.3 is 0 Å². The van der Waals surface area contributed by atoms with E-state index in [4.69, 9.17) is 19.0 Å². The summed E-state index contributed by atoms with van der Waals surface area (Å²) >= 11 is 1.48. The second-order valence-corrected chi connectivity index (χ2v) is 18.6. The number of aliphatic hydroxyl groups is 2. The zero-order valence-corrected chi connectivity index (χ0v) is 40.2. The van der Waals surface area contributed by atoms with Crippen LogP contribution in [-0.2, 0) is 41.7 Å². The van der Waals surface area contributed by atoms with Crippen LogP contribution in [0.1, 0.15) is 95.7 Å². The maximum Gasteiger partial charge on any atom is 0.273 e. The highest BCUT2D eigenvalue weighted by Gasteiger charge is 2.42. The molecule has 17 nitrogen and oxygen atoms in total. The number of aromatic nitrogens is 1. The number of amides is 4. The van der Waals surface area contributed by atoms with E-state index in [0.29, 0.717) is 55.3 Å². The number of benzene rings is 2. The Bertz CT molecular complexity index is 2200. The molecule has 6 N–H and O–H groups in total. The lowest BCUT2D eigenvalue weighted by atomic mass is 9.81. The molecule has 2 unspecified atom stereocenters. The van der Waals surface area contributed by atoms with Crippen molar-refractivity contribution in [3.63, 3.8) is 0 Å². The highest BCUT2D eigenvalue weighted by molar-refractivity contribution is 7.13. The third-order valence-electron chi connectivity index (χ3n) is 11.7. The third-order valence-corrected chi connectivity index (χ3v) is 12.6. The zero-order valence-electron chi connectivity index (χ0n) is 39.4. The monoisotopic (exact) mass is 933 g/mol. The predicted octanol–water partition coefficient (Wildman–Crippen LogP) is 4.69. The molecular formula is C48H67N7O10S. The standard InChI is InChI=1S/C48H67N7O10S/c1-9-65-54-46(62-8)39(20-29(2)56)53-38-17-15-32-14-16-36(23-37(32)38)63-26-42(58)49-18-10-11-19-50-43(59)27-64-41-21-33(44-31(4)52-28-66-44)12-13-34(41)24-51-45(60)40-22-35(57)25-55(40)47(61)30(3)48(5,6)7/h12-14,16,20-21,23,28-30,35,38,40,53,56-57H,9-11,15,17-19,22,24-27H2,1-8H3,(H,49,58)(H,50,59)(H,51,60)/b39-20+,54-46-/t29?,30?,35-,38-,40+/m1/s1. The van der Waals surface area contributed by atoms with E-state index in [2.05, 4.69) is 31.4 Å². The summed E-state index contributed by atoms with van der Waals surface area (Å²) in [5.74, 6) is -0.304. The van der Waals surface area contributed by atoms with Gasteiger partial charge in [0.15, 0.2) is 13.2 Å². The molecule has 0 spiro atoms. The minimum Gasteiger partial charge on any atom is -0.484 e. The maximum atomic E-state index is 13.5. The maximum absolute atomic E-state index is 13.5. The summed E-state index contributed by atoms with van der Waals surface area (Å²) in [6.45, 7) is 14.0. The number of methoxy groups -OCH3 is 1. The quantitative estimate of drug-likeness (QED) is 0.0350. The van der Waals surface area contributed by atoms with Gasteiger partial charge < -0.3 is 55.4 Å². The predicted molar refractivity (Wildman–Crippen MR) is 252 cm³/mol. The van der Waals surface area contributed by atoms with Gasteiger partial charge in [-0.25, -0.2) is 4.98 Å². The Morgan fingerprint density at radius 3 is 2.36 bits per heavy atom. The number of oxime groups is 1. The van der Waals surface area contributed by atoms with Gasteiger partial charge in [-0.1, -0.05) is 45.9 Å². The Morgan fingerprint density at radius 2 is 1.73 bits per heavy atom. The van der Waals surface area contributed by atoms with Crippen LogP contribution >= 0.6 is 11.3 Å². The number of hydrogen-bond acceptors (Lipinski definition) is 14. The van der Waals surface area contributed by atoms with Gasteiger partial charge in [-0.05, 0) is 98.0 Å². The largest absolute Gasteiger partial charge is 0.484 e. The average Bonchev–Trinajstić information content (AvgIpc) is 4.02. The Kier molecular flexibility index (Phi) is 18.8. The van der Waals surface area contributed by atoms with E-state index >= 15 is 0 Å². The van der Waals surface area contributed by atoms with Crippen LogP contribution in [0, 0.1) is 18.3 Å². The lowest BCUT2D eigenvalue weighted by molar-refractivity contribution is -0.144. The highest BCUT2D eigenvalue weighted by Crippen LogP contribution is 2.36. The minimum absolute atomic E-state index is 0.0786. The number of ether oxygens (including phenoxy) is 3. The number of nitrogens with zero attached hydrogens (tertiary/aromatic N) is 3. The fourth-order valence-corrected chi connectivity index (χ4v) is 8.43. The molecule has 2 aliphatic rings. The van der Waals surface area contributed by atoms with Crippen LogP contribution in [0.3, 0.4) is 0 Å².